The molecule has 0 aliphatic carbocycles. The van der Waals surface area contributed by atoms with E-state index in [1.165, 1.54) is 38.9 Å². The first-order valence-corrected chi connectivity index (χ1v) is 7.41. The van der Waals surface area contributed by atoms with Gasteiger partial charge >= 0.3 is 0 Å². The second-order valence-corrected chi connectivity index (χ2v) is 6.62. The summed E-state index contributed by atoms with van der Waals surface area (Å²) in [6, 6.07) is 0.817. The molecule has 1 fully saturated rings. The van der Waals surface area contributed by atoms with Crippen molar-refractivity contribution in [3.05, 3.63) is 0 Å². The van der Waals surface area contributed by atoms with E-state index in [9.17, 15) is 0 Å². The minimum atomic E-state index is 0.817. The van der Waals surface area contributed by atoms with Crippen LogP contribution in [0.1, 0.15) is 47.0 Å². The molecule has 1 aliphatic rings. The summed E-state index contributed by atoms with van der Waals surface area (Å²) in [5.41, 5.74) is 0. The van der Waals surface area contributed by atoms with Crippen LogP contribution in [0.2, 0.25) is 0 Å². The first kappa shape index (κ1) is 15.0. The van der Waals surface area contributed by atoms with Crippen molar-refractivity contribution in [1.29, 1.82) is 0 Å². The van der Waals surface area contributed by atoms with Gasteiger partial charge in [0.25, 0.3) is 0 Å². The van der Waals surface area contributed by atoms with Crippen LogP contribution < -0.4 is 5.32 Å². The summed E-state index contributed by atoms with van der Waals surface area (Å²) in [4.78, 5) is 2.75. The Bertz CT molecular complexity index is 191. The Hall–Kier alpha value is -0.0800. The number of nitrogens with one attached hydrogen (secondary N) is 1. The Kier molecular flexibility index (Phi) is 6.50. The summed E-state index contributed by atoms with van der Waals surface area (Å²) >= 11 is 0. The summed E-state index contributed by atoms with van der Waals surface area (Å²) in [5.74, 6) is 2.52. The molecule has 1 N–H and O–H groups in total. The van der Waals surface area contributed by atoms with E-state index >= 15 is 0 Å². The average molecular weight is 240 g/mol. The molecule has 1 heterocycles. The molecule has 2 nitrogen and oxygen atoms in total. The van der Waals surface area contributed by atoms with E-state index in [1.807, 2.05) is 0 Å². The van der Waals surface area contributed by atoms with E-state index in [0.29, 0.717) is 0 Å². The fraction of sp³-hybridized carbons (Fsp3) is 1.00. The molecule has 102 valence electrons. The lowest BCUT2D eigenvalue weighted by atomic mass is 9.94. The van der Waals surface area contributed by atoms with Crippen molar-refractivity contribution in [2.75, 3.05) is 26.7 Å². The Balaban J connectivity index is 2.46. The summed E-state index contributed by atoms with van der Waals surface area (Å²) in [6.07, 6.45) is 4.11. The van der Waals surface area contributed by atoms with Crippen molar-refractivity contribution < 1.29 is 0 Å². The van der Waals surface area contributed by atoms with Crippen molar-refractivity contribution in [3.63, 3.8) is 0 Å². The summed E-state index contributed by atoms with van der Waals surface area (Å²) in [7, 11) is 2.07. The molecule has 0 amide bonds. The predicted molar refractivity (Wildman–Crippen MR) is 76.3 cm³/mol. The molecular formula is C15H32N2. The molecule has 0 aromatic rings. The summed E-state index contributed by atoms with van der Waals surface area (Å²) in [6.45, 7) is 13.2. The second-order valence-electron chi connectivity index (χ2n) is 6.62. The molecule has 0 aromatic heterocycles. The molecule has 0 spiro atoms. The van der Waals surface area contributed by atoms with Crippen LogP contribution in [-0.2, 0) is 0 Å². The Morgan fingerprint density at radius 1 is 1.12 bits per heavy atom. The Morgan fingerprint density at radius 3 is 2.18 bits per heavy atom. The first-order valence-electron chi connectivity index (χ1n) is 7.41. The Labute approximate surface area is 108 Å². The molecular weight excluding hydrogens is 208 g/mol. The van der Waals surface area contributed by atoms with Crippen LogP contribution in [0, 0.1) is 17.8 Å². The highest BCUT2D eigenvalue weighted by Gasteiger charge is 2.28. The number of rotatable bonds is 7. The van der Waals surface area contributed by atoms with Crippen molar-refractivity contribution >= 4 is 0 Å². The van der Waals surface area contributed by atoms with Crippen LogP contribution in [-0.4, -0.2) is 37.6 Å². The van der Waals surface area contributed by atoms with Crippen molar-refractivity contribution in [2.24, 2.45) is 17.8 Å². The lowest BCUT2D eigenvalue weighted by Crippen LogP contribution is -2.36. The van der Waals surface area contributed by atoms with E-state index in [1.54, 1.807) is 0 Å². The number of likely N-dealkylation sites (tertiary alicyclic amines) is 1. The molecule has 1 rings (SSSR count). The molecule has 0 radical (unpaired) electrons. The topological polar surface area (TPSA) is 15.3 Å². The lowest BCUT2D eigenvalue weighted by Gasteiger charge is -2.30. The van der Waals surface area contributed by atoms with Crippen LogP contribution in [0.3, 0.4) is 0 Å². The standard InChI is InChI=1S/C15H32N2/c1-12(2)8-15(9-13(3)4)17-7-6-14(11-17)10-16-5/h12-16H,6-11H2,1-5H3. The molecule has 1 atom stereocenters. The van der Waals surface area contributed by atoms with E-state index in [0.717, 1.165) is 23.8 Å². The van der Waals surface area contributed by atoms with Gasteiger partial charge in [-0.1, -0.05) is 27.7 Å². The van der Waals surface area contributed by atoms with Gasteiger partial charge in [0, 0.05) is 12.6 Å². The van der Waals surface area contributed by atoms with Gasteiger partial charge in [-0.2, -0.15) is 0 Å². The van der Waals surface area contributed by atoms with Gasteiger partial charge < -0.3 is 10.2 Å². The zero-order chi connectivity index (χ0) is 12.8. The number of hydrogen-bond donors (Lipinski definition) is 1. The minimum absolute atomic E-state index is 0.817. The van der Waals surface area contributed by atoms with Gasteiger partial charge in [-0.25, -0.2) is 0 Å². The highest BCUT2D eigenvalue weighted by atomic mass is 15.2. The van der Waals surface area contributed by atoms with Gasteiger partial charge in [0.15, 0.2) is 0 Å². The molecule has 1 unspecified atom stereocenters. The SMILES string of the molecule is CNCC1CCN(C(CC(C)C)CC(C)C)C1. The minimum Gasteiger partial charge on any atom is -0.319 e. The molecule has 0 aromatic carbocycles. The predicted octanol–water partition coefficient (Wildman–Crippen LogP) is 2.99. The van der Waals surface area contributed by atoms with Gasteiger partial charge in [0.2, 0.25) is 0 Å². The van der Waals surface area contributed by atoms with Crippen molar-refractivity contribution in [2.45, 2.75) is 53.0 Å². The zero-order valence-electron chi connectivity index (χ0n) is 12.5. The smallest absolute Gasteiger partial charge is 0.0100 e. The molecule has 2 heteroatoms. The molecule has 0 saturated carbocycles. The van der Waals surface area contributed by atoms with Gasteiger partial charge in [-0.3, -0.25) is 0 Å². The highest BCUT2D eigenvalue weighted by Crippen LogP contribution is 2.25. The zero-order valence-corrected chi connectivity index (χ0v) is 12.5. The number of nitrogens with zero attached hydrogens (tertiary/aromatic N) is 1. The fourth-order valence-corrected chi connectivity index (χ4v) is 3.13. The van der Waals surface area contributed by atoms with Gasteiger partial charge in [-0.15, -0.1) is 0 Å². The van der Waals surface area contributed by atoms with E-state index in [-0.39, 0.29) is 0 Å². The van der Waals surface area contributed by atoms with Crippen LogP contribution in [0.4, 0.5) is 0 Å². The maximum atomic E-state index is 3.32. The molecule has 17 heavy (non-hydrogen) atoms. The normalized spacial score (nSPS) is 22.2. The largest absolute Gasteiger partial charge is 0.319 e. The van der Waals surface area contributed by atoms with Crippen LogP contribution >= 0.6 is 0 Å². The molecule has 1 aliphatic heterocycles. The average Bonchev–Trinajstić information content (AvgIpc) is 2.64. The maximum absolute atomic E-state index is 3.32. The Morgan fingerprint density at radius 2 is 1.71 bits per heavy atom. The third-order valence-corrected chi connectivity index (χ3v) is 3.81. The van der Waals surface area contributed by atoms with Crippen molar-refractivity contribution in [3.8, 4) is 0 Å². The van der Waals surface area contributed by atoms with E-state index in [4.69, 9.17) is 0 Å². The fourth-order valence-electron chi connectivity index (χ4n) is 3.13. The third kappa shape index (κ3) is 5.39. The highest BCUT2D eigenvalue weighted by molar-refractivity contribution is 4.83. The van der Waals surface area contributed by atoms with E-state index in [2.05, 4.69) is 45.0 Å². The van der Waals surface area contributed by atoms with Crippen LogP contribution in [0.5, 0.6) is 0 Å². The van der Waals surface area contributed by atoms with Gasteiger partial charge in [0.1, 0.15) is 0 Å². The van der Waals surface area contributed by atoms with Gasteiger partial charge in [-0.05, 0) is 57.2 Å². The maximum Gasteiger partial charge on any atom is 0.0100 e. The molecule has 1 saturated heterocycles. The van der Waals surface area contributed by atoms with E-state index < -0.39 is 0 Å². The first-order chi connectivity index (χ1) is 8.02. The second kappa shape index (κ2) is 7.38. The van der Waals surface area contributed by atoms with Crippen LogP contribution in [0.15, 0.2) is 0 Å². The lowest BCUT2D eigenvalue weighted by molar-refractivity contribution is 0.179. The summed E-state index contributed by atoms with van der Waals surface area (Å²) < 4.78 is 0. The van der Waals surface area contributed by atoms with Crippen molar-refractivity contribution in [1.82, 2.24) is 10.2 Å². The monoisotopic (exact) mass is 240 g/mol. The number of hydrogen-bond acceptors (Lipinski definition) is 2. The van der Waals surface area contributed by atoms with Crippen LogP contribution in [0.25, 0.3) is 0 Å². The third-order valence-electron chi connectivity index (χ3n) is 3.81. The molecule has 0 bridgehead atoms. The quantitative estimate of drug-likeness (QED) is 0.736. The summed E-state index contributed by atoms with van der Waals surface area (Å²) in [5, 5.41) is 3.32. The van der Waals surface area contributed by atoms with Gasteiger partial charge in [0.05, 0.1) is 0 Å².